The van der Waals surface area contributed by atoms with Crippen LogP contribution < -0.4 is 9.58 Å². The van der Waals surface area contributed by atoms with Gasteiger partial charge >= 0.3 is 0 Å². The smallest absolute Gasteiger partial charge is 0.282 e. The van der Waals surface area contributed by atoms with Gasteiger partial charge in [0.25, 0.3) is 5.82 Å². The Morgan fingerprint density at radius 3 is 3.25 bits per heavy atom. The van der Waals surface area contributed by atoms with E-state index in [1.54, 1.807) is 0 Å². The number of hydrogen-bond donors (Lipinski definition) is 1. The van der Waals surface area contributed by atoms with E-state index in [-0.39, 0.29) is 0 Å². The van der Waals surface area contributed by atoms with Crippen LogP contribution in [-0.4, -0.2) is 23.4 Å². The Morgan fingerprint density at radius 2 is 2.25 bits per heavy atom. The number of rotatable bonds is 0. The topological polar surface area (TPSA) is 35.8 Å². The Labute approximate surface area is 71.2 Å². The summed E-state index contributed by atoms with van der Waals surface area (Å²) < 4.78 is 2.18. The van der Waals surface area contributed by atoms with E-state index in [4.69, 9.17) is 0 Å². The maximum atomic E-state index is 4.31. The molecular weight excluding hydrogens is 152 g/mol. The van der Waals surface area contributed by atoms with E-state index >= 15 is 0 Å². The van der Waals surface area contributed by atoms with Gasteiger partial charge in [-0.15, -0.1) is 5.21 Å². The van der Waals surface area contributed by atoms with Crippen molar-refractivity contribution in [2.45, 2.75) is 25.8 Å². The van der Waals surface area contributed by atoms with Crippen LogP contribution in [0.1, 0.15) is 18.5 Å². The Hall–Kier alpha value is -1.06. The zero-order valence-corrected chi connectivity index (χ0v) is 7.08. The zero-order chi connectivity index (χ0) is 7.97. The Balaban J connectivity index is 2.16. The maximum Gasteiger partial charge on any atom is 0.282 e. The van der Waals surface area contributed by atoms with E-state index in [1.807, 2.05) is 0 Å². The van der Waals surface area contributed by atoms with E-state index in [9.17, 15) is 0 Å². The van der Waals surface area contributed by atoms with Crippen molar-refractivity contribution in [3.8, 4) is 0 Å². The van der Waals surface area contributed by atoms with E-state index in [0.29, 0.717) is 0 Å². The summed E-state index contributed by atoms with van der Waals surface area (Å²) >= 11 is 0. The molecule has 0 atom stereocenters. The molecule has 0 radical (unpaired) electrons. The lowest BCUT2D eigenvalue weighted by Gasteiger charge is -2.25. The van der Waals surface area contributed by atoms with Gasteiger partial charge in [0, 0.05) is 12.8 Å². The SMILES string of the molecule is C1Cc2n[nH][n+]3c2N(C1)CCC3. The molecule has 0 unspecified atom stereocenters. The van der Waals surface area contributed by atoms with Crippen molar-refractivity contribution >= 4 is 5.82 Å². The van der Waals surface area contributed by atoms with Gasteiger partial charge in [0.1, 0.15) is 0 Å². The second-order valence-electron chi connectivity index (χ2n) is 3.58. The van der Waals surface area contributed by atoms with Crippen molar-refractivity contribution in [2.75, 3.05) is 18.0 Å². The highest BCUT2D eigenvalue weighted by Gasteiger charge is 2.32. The summed E-state index contributed by atoms with van der Waals surface area (Å²) in [5, 5.41) is 7.39. The molecule has 1 aromatic heterocycles. The molecule has 12 heavy (non-hydrogen) atoms. The highest BCUT2D eigenvalue weighted by atomic mass is 15.5. The van der Waals surface area contributed by atoms with Gasteiger partial charge in [-0.3, -0.25) is 4.90 Å². The summed E-state index contributed by atoms with van der Waals surface area (Å²) in [5.74, 6) is 1.35. The summed E-state index contributed by atoms with van der Waals surface area (Å²) in [7, 11) is 0. The summed E-state index contributed by atoms with van der Waals surface area (Å²) in [6, 6.07) is 0. The Morgan fingerprint density at radius 1 is 1.33 bits per heavy atom. The lowest BCUT2D eigenvalue weighted by Crippen LogP contribution is -2.50. The number of aromatic amines is 1. The van der Waals surface area contributed by atoms with Gasteiger partial charge in [-0.25, -0.2) is 0 Å². The predicted molar refractivity (Wildman–Crippen MR) is 43.9 cm³/mol. The lowest BCUT2D eigenvalue weighted by atomic mass is 10.1. The lowest BCUT2D eigenvalue weighted by molar-refractivity contribution is -0.745. The molecule has 64 valence electrons. The third-order valence-corrected chi connectivity index (χ3v) is 2.77. The van der Waals surface area contributed by atoms with Crippen molar-refractivity contribution in [2.24, 2.45) is 0 Å². The van der Waals surface area contributed by atoms with Gasteiger partial charge < -0.3 is 0 Å². The molecule has 0 fully saturated rings. The molecule has 1 aromatic rings. The normalized spacial score (nSPS) is 20.8. The average Bonchev–Trinajstić information content (AvgIpc) is 2.52. The average molecular weight is 165 g/mol. The fourth-order valence-corrected chi connectivity index (χ4v) is 2.23. The molecule has 4 heteroatoms. The molecule has 2 aliphatic rings. The molecule has 0 spiro atoms. The molecule has 0 bridgehead atoms. The number of anilines is 1. The summed E-state index contributed by atoms with van der Waals surface area (Å²) in [5.41, 5.74) is 1.26. The van der Waals surface area contributed by atoms with Gasteiger partial charge in [0.2, 0.25) is 5.69 Å². The molecule has 3 rings (SSSR count). The van der Waals surface area contributed by atoms with Crippen molar-refractivity contribution in [1.29, 1.82) is 0 Å². The molecule has 4 nitrogen and oxygen atoms in total. The number of aromatic nitrogens is 3. The molecule has 1 N–H and O–H groups in total. The van der Waals surface area contributed by atoms with Gasteiger partial charge in [0.05, 0.1) is 19.6 Å². The fourth-order valence-electron chi connectivity index (χ4n) is 2.23. The second-order valence-corrected chi connectivity index (χ2v) is 3.58. The van der Waals surface area contributed by atoms with Gasteiger partial charge in [-0.1, -0.05) is 0 Å². The van der Waals surface area contributed by atoms with Crippen LogP contribution in [0.3, 0.4) is 0 Å². The number of hydrogen-bond acceptors (Lipinski definition) is 2. The molecule has 3 heterocycles. The summed E-state index contributed by atoms with van der Waals surface area (Å²) in [6.45, 7) is 3.54. The summed E-state index contributed by atoms with van der Waals surface area (Å²) in [6.07, 6.45) is 3.66. The van der Waals surface area contributed by atoms with Crippen LogP contribution in [0.25, 0.3) is 0 Å². The second kappa shape index (κ2) is 2.21. The van der Waals surface area contributed by atoms with E-state index in [2.05, 4.69) is 19.9 Å². The largest absolute Gasteiger partial charge is 0.288 e. The summed E-state index contributed by atoms with van der Waals surface area (Å²) in [4.78, 5) is 2.45. The molecule has 0 amide bonds. The first kappa shape index (κ1) is 6.46. The van der Waals surface area contributed by atoms with Crippen molar-refractivity contribution in [3.63, 3.8) is 0 Å². The van der Waals surface area contributed by atoms with Crippen molar-refractivity contribution in [3.05, 3.63) is 5.69 Å². The third-order valence-electron chi connectivity index (χ3n) is 2.77. The zero-order valence-electron chi connectivity index (χ0n) is 7.08. The van der Waals surface area contributed by atoms with E-state index in [1.165, 1.54) is 37.4 Å². The Kier molecular flexibility index (Phi) is 1.19. The van der Waals surface area contributed by atoms with E-state index in [0.717, 1.165) is 13.0 Å². The minimum Gasteiger partial charge on any atom is -0.288 e. The molecule has 0 saturated heterocycles. The van der Waals surface area contributed by atoms with Crippen LogP contribution >= 0.6 is 0 Å². The third kappa shape index (κ3) is 0.722. The fraction of sp³-hybridized carbons (Fsp3) is 0.750. The number of nitrogens with zero attached hydrogens (tertiary/aromatic N) is 3. The van der Waals surface area contributed by atoms with Crippen LogP contribution in [0.4, 0.5) is 5.82 Å². The van der Waals surface area contributed by atoms with Crippen LogP contribution in [0, 0.1) is 0 Å². The monoisotopic (exact) mass is 165 g/mol. The van der Waals surface area contributed by atoms with Gasteiger partial charge in [-0.2, -0.15) is 4.68 Å². The molecule has 2 aliphatic heterocycles. The molecular formula is C8H13N4+. The molecule has 0 aromatic carbocycles. The number of nitrogens with one attached hydrogen (secondary N) is 1. The highest BCUT2D eigenvalue weighted by Crippen LogP contribution is 2.23. The maximum absolute atomic E-state index is 4.31. The van der Waals surface area contributed by atoms with Crippen LogP contribution in [-0.2, 0) is 13.0 Å². The molecule has 0 saturated carbocycles. The van der Waals surface area contributed by atoms with Gasteiger partial charge in [-0.05, 0) is 11.5 Å². The van der Waals surface area contributed by atoms with Crippen molar-refractivity contribution in [1.82, 2.24) is 10.3 Å². The van der Waals surface area contributed by atoms with Crippen molar-refractivity contribution < 1.29 is 4.68 Å². The standard InChI is InChI=1S/C8H12N4/c1-3-7-8-11(4-1)5-2-6-12(8)10-9-7/h1-6H2/p+1. The minimum absolute atomic E-state index is 1.11. The Bertz CT molecular complexity index is 277. The number of H-pyrrole nitrogens is 1. The van der Waals surface area contributed by atoms with Crippen LogP contribution in [0.15, 0.2) is 0 Å². The highest BCUT2D eigenvalue weighted by molar-refractivity contribution is 5.40. The van der Waals surface area contributed by atoms with Gasteiger partial charge in [0.15, 0.2) is 0 Å². The van der Waals surface area contributed by atoms with E-state index < -0.39 is 0 Å². The van der Waals surface area contributed by atoms with Crippen LogP contribution in [0.5, 0.6) is 0 Å². The first-order valence-electron chi connectivity index (χ1n) is 4.67. The first-order chi connectivity index (χ1) is 5.95. The predicted octanol–water partition coefficient (Wildman–Crippen LogP) is -0.147. The quantitative estimate of drug-likeness (QED) is 0.543. The minimum atomic E-state index is 1.11. The number of aryl methyl sites for hydroxylation is 2. The molecule has 0 aliphatic carbocycles. The first-order valence-corrected chi connectivity index (χ1v) is 4.67. The van der Waals surface area contributed by atoms with Crippen LogP contribution in [0.2, 0.25) is 0 Å².